The maximum Gasteiger partial charge on any atom is 0.126 e. The van der Waals surface area contributed by atoms with E-state index in [0.29, 0.717) is 11.8 Å². The number of hydrogen-bond donors (Lipinski definition) is 0. The summed E-state index contributed by atoms with van der Waals surface area (Å²) in [5.41, 5.74) is 0.854. The number of benzene rings is 1. The molecular weight excluding hydrogens is 254 g/mol. The van der Waals surface area contributed by atoms with Crippen molar-refractivity contribution in [3.63, 3.8) is 0 Å². The molecule has 0 aromatic heterocycles. The van der Waals surface area contributed by atoms with Gasteiger partial charge in [-0.3, -0.25) is 0 Å². The van der Waals surface area contributed by atoms with E-state index in [1.807, 2.05) is 0 Å². The van der Waals surface area contributed by atoms with Gasteiger partial charge in [0, 0.05) is 6.07 Å². The van der Waals surface area contributed by atoms with Crippen LogP contribution in [0.1, 0.15) is 50.0 Å². The molecular formula is C18H22F2. The largest absolute Gasteiger partial charge is 0.207 e. The van der Waals surface area contributed by atoms with Crippen LogP contribution >= 0.6 is 0 Å². The van der Waals surface area contributed by atoms with Crippen LogP contribution in [0, 0.1) is 29.4 Å². The van der Waals surface area contributed by atoms with E-state index in [-0.39, 0.29) is 0 Å². The van der Waals surface area contributed by atoms with Crippen LogP contribution in [-0.2, 0) is 0 Å². The molecule has 0 heterocycles. The second-order valence-electron chi connectivity index (χ2n) is 6.54. The molecule has 0 spiro atoms. The van der Waals surface area contributed by atoms with Crippen molar-refractivity contribution >= 4 is 0 Å². The van der Waals surface area contributed by atoms with Gasteiger partial charge in [-0.25, -0.2) is 8.78 Å². The summed E-state index contributed by atoms with van der Waals surface area (Å²) in [5, 5.41) is 0. The van der Waals surface area contributed by atoms with Crippen LogP contribution < -0.4 is 0 Å². The second kappa shape index (κ2) is 5.67. The highest BCUT2D eigenvalue weighted by Crippen LogP contribution is 2.47. The van der Waals surface area contributed by atoms with Crippen molar-refractivity contribution < 1.29 is 8.78 Å². The summed E-state index contributed by atoms with van der Waals surface area (Å²) in [7, 11) is 0. The molecule has 2 fully saturated rings. The predicted octanol–water partition coefficient (Wildman–Crippen LogP) is 5.45. The lowest BCUT2D eigenvalue weighted by Gasteiger charge is -2.41. The number of allylic oxidation sites excluding steroid dienone is 1. The first-order chi connectivity index (χ1) is 9.65. The highest BCUT2D eigenvalue weighted by molar-refractivity contribution is 5.22. The Morgan fingerprint density at radius 1 is 0.900 bits per heavy atom. The first-order valence-corrected chi connectivity index (χ1v) is 7.74. The van der Waals surface area contributed by atoms with E-state index in [2.05, 4.69) is 12.7 Å². The third-order valence-electron chi connectivity index (χ3n) is 5.34. The van der Waals surface area contributed by atoms with E-state index in [4.69, 9.17) is 0 Å². The quantitative estimate of drug-likeness (QED) is 0.630. The van der Waals surface area contributed by atoms with E-state index in [1.165, 1.54) is 37.8 Å². The monoisotopic (exact) mass is 276 g/mol. The van der Waals surface area contributed by atoms with Gasteiger partial charge >= 0.3 is 0 Å². The Balaban J connectivity index is 1.71. The normalized spacial score (nSPS) is 33.5. The molecule has 4 atom stereocenters. The van der Waals surface area contributed by atoms with E-state index in [1.54, 1.807) is 0 Å². The van der Waals surface area contributed by atoms with E-state index in [0.717, 1.165) is 36.3 Å². The fourth-order valence-electron chi connectivity index (χ4n) is 4.25. The molecule has 0 aliphatic heterocycles. The smallest absolute Gasteiger partial charge is 0.126 e. The molecule has 2 heteroatoms. The summed E-state index contributed by atoms with van der Waals surface area (Å²) in [6.07, 6.45) is 9.19. The van der Waals surface area contributed by atoms with Gasteiger partial charge in [0.1, 0.15) is 11.6 Å². The molecule has 2 aliphatic carbocycles. The molecule has 1 aromatic rings. The molecule has 2 aliphatic rings. The van der Waals surface area contributed by atoms with Crippen LogP contribution in [0.3, 0.4) is 0 Å². The molecule has 20 heavy (non-hydrogen) atoms. The van der Waals surface area contributed by atoms with Gasteiger partial charge < -0.3 is 0 Å². The minimum atomic E-state index is -0.447. The molecule has 2 saturated carbocycles. The van der Waals surface area contributed by atoms with Gasteiger partial charge in [-0.1, -0.05) is 6.08 Å². The van der Waals surface area contributed by atoms with Crippen LogP contribution in [0.4, 0.5) is 8.78 Å². The molecule has 4 unspecified atom stereocenters. The third kappa shape index (κ3) is 2.79. The Kier molecular flexibility index (Phi) is 3.91. The number of fused-ring (bicyclic) bond motifs is 1. The van der Waals surface area contributed by atoms with Crippen molar-refractivity contribution in [3.05, 3.63) is 48.1 Å². The zero-order chi connectivity index (χ0) is 14.1. The minimum Gasteiger partial charge on any atom is -0.207 e. The van der Waals surface area contributed by atoms with Crippen LogP contribution in [0.15, 0.2) is 30.9 Å². The maximum atomic E-state index is 13.4. The van der Waals surface area contributed by atoms with Crippen molar-refractivity contribution in [3.8, 4) is 0 Å². The lowest BCUT2D eigenvalue weighted by Crippen LogP contribution is -2.30. The van der Waals surface area contributed by atoms with Crippen LogP contribution in [-0.4, -0.2) is 0 Å². The lowest BCUT2D eigenvalue weighted by atomic mass is 9.64. The number of halogens is 2. The van der Waals surface area contributed by atoms with E-state index < -0.39 is 11.6 Å². The molecule has 0 bridgehead atoms. The van der Waals surface area contributed by atoms with Gasteiger partial charge in [0.25, 0.3) is 0 Å². The van der Waals surface area contributed by atoms with Crippen molar-refractivity contribution in [2.24, 2.45) is 17.8 Å². The average molecular weight is 276 g/mol. The topological polar surface area (TPSA) is 0 Å². The summed E-state index contributed by atoms with van der Waals surface area (Å²) in [5.74, 6) is 1.65. The molecule has 0 nitrogen and oxygen atoms in total. The number of hydrogen-bond acceptors (Lipinski definition) is 0. The average Bonchev–Trinajstić information content (AvgIpc) is 2.45. The van der Waals surface area contributed by atoms with E-state index >= 15 is 0 Å². The zero-order valence-corrected chi connectivity index (χ0v) is 11.8. The molecule has 0 radical (unpaired) electrons. The molecule has 108 valence electrons. The Bertz CT molecular complexity index is 474. The highest BCUT2D eigenvalue weighted by atomic mass is 19.1. The summed E-state index contributed by atoms with van der Waals surface area (Å²) in [4.78, 5) is 0. The van der Waals surface area contributed by atoms with Crippen LogP contribution in [0.2, 0.25) is 0 Å². The predicted molar refractivity (Wildman–Crippen MR) is 77.5 cm³/mol. The van der Waals surface area contributed by atoms with Crippen LogP contribution in [0.5, 0.6) is 0 Å². The van der Waals surface area contributed by atoms with Gasteiger partial charge in [-0.2, -0.15) is 0 Å². The van der Waals surface area contributed by atoms with Crippen LogP contribution in [0.25, 0.3) is 0 Å². The van der Waals surface area contributed by atoms with Gasteiger partial charge in [-0.05, 0) is 79.9 Å². The summed E-state index contributed by atoms with van der Waals surface area (Å²) in [6.45, 7) is 3.92. The molecule has 0 amide bonds. The van der Waals surface area contributed by atoms with Crippen molar-refractivity contribution in [2.75, 3.05) is 0 Å². The third-order valence-corrected chi connectivity index (χ3v) is 5.34. The Morgan fingerprint density at radius 2 is 1.55 bits per heavy atom. The van der Waals surface area contributed by atoms with E-state index in [9.17, 15) is 8.78 Å². The Morgan fingerprint density at radius 3 is 2.25 bits per heavy atom. The first-order valence-electron chi connectivity index (χ1n) is 7.74. The zero-order valence-electron chi connectivity index (χ0n) is 11.8. The lowest BCUT2D eigenvalue weighted by molar-refractivity contribution is 0.133. The molecule has 3 rings (SSSR count). The second-order valence-corrected chi connectivity index (χ2v) is 6.54. The fourth-order valence-corrected chi connectivity index (χ4v) is 4.25. The molecule has 1 aromatic carbocycles. The summed E-state index contributed by atoms with van der Waals surface area (Å²) in [6, 6.07) is 4.00. The van der Waals surface area contributed by atoms with Crippen molar-refractivity contribution in [2.45, 2.75) is 44.4 Å². The maximum absolute atomic E-state index is 13.4. The molecule has 0 N–H and O–H groups in total. The highest BCUT2D eigenvalue weighted by Gasteiger charge is 2.35. The fraction of sp³-hybridized carbons (Fsp3) is 0.556. The summed E-state index contributed by atoms with van der Waals surface area (Å²) >= 11 is 0. The van der Waals surface area contributed by atoms with Gasteiger partial charge in [0.2, 0.25) is 0 Å². The minimum absolute atomic E-state index is 0.335. The SMILES string of the molecule is C=CC1CCC2CC(c3cc(F)cc(F)c3)CCC2C1. The van der Waals surface area contributed by atoms with Gasteiger partial charge in [-0.15, -0.1) is 6.58 Å². The Labute approximate surface area is 119 Å². The summed E-state index contributed by atoms with van der Waals surface area (Å²) < 4.78 is 26.7. The number of rotatable bonds is 2. The van der Waals surface area contributed by atoms with Crippen molar-refractivity contribution in [1.82, 2.24) is 0 Å². The van der Waals surface area contributed by atoms with Gasteiger partial charge in [0.05, 0.1) is 0 Å². The molecule has 0 saturated heterocycles. The van der Waals surface area contributed by atoms with Crippen molar-refractivity contribution in [1.29, 1.82) is 0 Å². The first kappa shape index (κ1) is 13.8. The van der Waals surface area contributed by atoms with Gasteiger partial charge in [0.15, 0.2) is 0 Å². The Hall–Kier alpha value is -1.18. The standard InChI is InChI=1S/C18H22F2/c1-2-12-3-4-14-8-15(6-5-13(14)7-12)16-9-17(19)11-18(20)10-16/h2,9-15H,1,3-8H2.